The van der Waals surface area contributed by atoms with Crippen molar-refractivity contribution in [2.45, 2.75) is 26.2 Å². The Bertz CT molecular complexity index is 578. The molecule has 0 saturated heterocycles. The van der Waals surface area contributed by atoms with Gasteiger partial charge in [-0.15, -0.1) is 0 Å². The van der Waals surface area contributed by atoms with Gasteiger partial charge in [-0.05, 0) is 37.0 Å². The molecular weight excluding hydrogens is 218 g/mol. The Kier molecular flexibility index (Phi) is 3.79. The minimum atomic E-state index is -0.0639. The van der Waals surface area contributed by atoms with E-state index in [1.54, 1.807) is 0 Å². The molecule has 0 radical (unpaired) electrons. The molecule has 2 rings (SSSR count). The molecule has 0 aliphatic heterocycles. The molecule has 0 spiro atoms. The van der Waals surface area contributed by atoms with Crippen LogP contribution in [0.5, 0.6) is 0 Å². The summed E-state index contributed by atoms with van der Waals surface area (Å²) in [7, 11) is 0. The average Bonchev–Trinajstić information content (AvgIpc) is 2.38. The largest absolute Gasteiger partial charge is 0.198 e. The fraction of sp³-hybridized carbons (Fsp3) is 0.235. The maximum atomic E-state index is 9.37. The first-order chi connectivity index (χ1) is 8.70. The molecule has 1 nitrogen and oxygen atoms in total. The van der Waals surface area contributed by atoms with Crippen molar-refractivity contribution in [3.63, 3.8) is 0 Å². The third kappa shape index (κ3) is 2.78. The van der Waals surface area contributed by atoms with Gasteiger partial charge in [0, 0.05) is 0 Å². The molecule has 1 heteroatoms. The van der Waals surface area contributed by atoms with Crippen molar-refractivity contribution >= 4 is 0 Å². The number of nitrogens with zero attached hydrogens (tertiary/aromatic N) is 1. The van der Waals surface area contributed by atoms with E-state index in [-0.39, 0.29) is 5.92 Å². The van der Waals surface area contributed by atoms with Gasteiger partial charge in [0.05, 0.1) is 12.0 Å². The molecule has 0 aliphatic carbocycles. The van der Waals surface area contributed by atoms with E-state index >= 15 is 0 Å². The van der Waals surface area contributed by atoms with E-state index in [0.717, 1.165) is 12.0 Å². The van der Waals surface area contributed by atoms with Gasteiger partial charge in [-0.25, -0.2) is 0 Å². The van der Waals surface area contributed by atoms with Gasteiger partial charge >= 0.3 is 0 Å². The van der Waals surface area contributed by atoms with Gasteiger partial charge in [-0.1, -0.05) is 54.1 Å². The summed E-state index contributed by atoms with van der Waals surface area (Å²) in [6.07, 6.45) is 0.784. The number of aryl methyl sites for hydroxylation is 2. The van der Waals surface area contributed by atoms with Gasteiger partial charge in [0.15, 0.2) is 0 Å². The van der Waals surface area contributed by atoms with E-state index in [2.05, 4.69) is 44.2 Å². The van der Waals surface area contributed by atoms with E-state index in [0.29, 0.717) is 0 Å². The summed E-state index contributed by atoms with van der Waals surface area (Å²) < 4.78 is 0. The number of hydrogen-bond acceptors (Lipinski definition) is 1. The van der Waals surface area contributed by atoms with Crippen molar-refractivity contribution in [2.75, 3.05) is 0 Å². The Hall–Kier alpha value is -2.07. The molecule has 0 amide bonds. The second-order valence-electron chi connectivity index (χ2n) is 4.73. The average molecular weight is 235 g/mol. The first-order valence-electron chi connectivity index (χ1n) is 6.21. The molecule has 0 N–H and O–H groups in total. The summed E-state index contributed by atoms with van der Waals surface area (Å²) in [4.78, 5) is 0. The van der Waals surface area contributed by atoms with E-state index in [1.807, 2.05) is 24.3 Å². The minimum Gasteiger partial charge on any atom is -0.198 e. The summed E-state index contributed by atoms with van der Waals surface area (Å²) in [5.74, 6) is -0.0639. The molecule has 0 aromatic heterocycles. The number of benzene rings is 2. The van der Waals surface area contributed by atoms with Crippen LogP contribution in [0.15, 0.2) is 48.5 Å². The van der Waals surface area contributed by atoms with Crippen molar-refractivity contribution in [3.05, 3.63) is 70.8 Å². The van der Waals surface area contributed by atoms with Gasteiger partial charge in [-0.3, -0.25) is 0 Å². The smallest absolute Gasteiger partial charge is 0.0753 e. The van der Waals surface area contributed by atoms with Crippen LogP contribution in [0.3, 0.4) is 0 Å². The molecule has 1 atom stereocenters. The zero-order valence-electron chi connectivity index (χ0n) is 10.9. The van der Waals surface area contributed by atoms with Gasteiger partial charge in [0.25, 0.3) is 0 Å². The highest BCUT2D eigenvalue weighted by Crippen LogP contribution is 2.22. The van der Waals surface area contributed by atoms with Crippen LogP contribution in [0.25, 0.3) is 0 Å². The molecule has 2 aromatic rings. The van der Waals surface area contributed by atoms with E-state index in [9.17, 15) is 5.26 Å². The topological polar surface area (TPSA) is 23.8 Å². The van der Waals surface area contributed by atoms with Crippen molar-refractivity contribution in [2.24, 2.45) is 0 Å². The second-order valence-corrected chi connectivity index (χ2v) is 4.73. The van der Waals surface area contributed by atoms with Crippen LogP contribution in [0.1, 0.15) is 28.2 Å². The summed E-state index contributed by atoms with van der Waals surface area (Å²) in [5.41, 5.74) is 4.83. The lowest BCUT2D eigenvalue weighted by molar-refractivity contribution is 0.842. The predicted octanol–water partition coefficient (Wildman–Crippen LogP) is 4.15. The predicted molar refractivity (Wildman–Crippen MR) is 74.4 cm³/mol. The third-order valence-corrected chi connectivity index (χ3v) is 3.29. The maximum absolute atomic E-state index is 9.37. The zero-order valence-corrected chi connectivity index (χ0v) is 10.9. The lowest BCUT2D eigenvalue weighted by Gasteiger charge is -2.12. The van der Waals surface area contributed by atoms with Crippen molar-refractivity contribution in [3.8, 4) is 6.07 Å². The van der Waals surface area contributed by atoms with E-state index in [4.69, 9.17) is 0 Å². The molecule has 1 unspecified atom stereocenters. The minimum absolute atomic E-state index is 0.0639. The number of nitriles is 1. The summed E-state index contributed by atoms with van der Waals surface area (Å²) >= 11 is 0. The van der Waals surface area contributed by atoms with Crippen LogP contribution < -0.4 is 0 Å². The van der Waals surface area contributed by atoms with Crippen LogP contribution in [-0.2, 0) is 6.42 Å². The zero-order chi connectivity index (χ0) is 13.0. The standard InChI is InChI=1S/C17H17N/c1-13-6-5-9-16(10-13)17(12-18)11-15-8-4-3-7-14(15)2/h3-10,17H,11H2,1-2H3. The second kappa shape index (κ2) is 5.51. The fourth-order valence-corrected chi connectivity index (χ4v) is 2.18. The van der Waals surface area contributed by atoms with Crippen LogP contribution in [0, 0.1) is 25.2 Å². The third-order valence-electron chi connectivity index (χ3n) is 3.29. The lowest BCUT2D eigenvalue weighted by Crippen LogP contribution is -2.02. The van der Waals surface area contributed by atoms with Gasteiger partial charge in [0.1, 0.15) is 0 Å². The van der Waals surface area contributed by atoms with Crippen LogP contribution in [-0.4, -0.2) is 0 Å². The molecule has 0 saturated carbocycles. The van der Waals surface area contributed by atoms with E-state index in [1.165, 1.54) is 16.7 Å². The summed E-state index contributed by atoms with van der Waals surface area (Å²) in [6, 6.07) is 18.9. The van der Waals surface area contributed by atoms with Crippen LogP contribution in [0.2, 0.25) is 0 Å². The lowest BCUT2D eigenvalue weighted by atomic mass is 9.91. The van der Waals surface area contributed by atoms with Crippen molar-refractivity contribution in [1.29, 1.82) is 5.26 Å². The first kappa shape index (κ1) is 12.4. The molecule has 0 fully saturated rings. The van der Waals surface area contributed by atoms with Gasteiger partial charge < -0.3 is 0 Å². The van der Waals surface area contributed by atoms with Gasteiger partial charge in [0.2, 0.25) is 0 Å². The Balaban J connectivity index is 2.26. The molecular formula is C17H17N. The van der Waals surface area contributed by atoms with Gasteiger partial charge in [-0.2, -0.15) is 5.26 Å². The highest BCUT2D eigenvalue weighted by atomic mass is 14.3. The number of hydrogen-bond donors (Lipinski definition) is 0. The summed E-state index contributed by atoms with van der Waals surface area (Å²) in [6.45, 7) is 4.16. The maximum Gasteiger partial charge on any atom is 0.0753 e. The molecule has 0 heterocycles. The highest BCUT2D eigenvalue weighted by molar-refractivity contribution is 5.34. The van der Waals surface area contributed by atoms with Crippen molar-refractivity contribution in [1.82, 2.24) is 0 Å². The Morgan fingerprint density at radius 2 is 1.83 bits per heavy atom. The summed E-state index contributed by atoms with van der Waals surface area (Å²) in [5, 5.41) is 9.37. The Labute approximate surface area is 109 Å². The van der Waals surface area contributed by atoms with Crippen LogP contribution >= 0.6 is 0 Å². The Morgan fingerprint density at radius 3 is 2.50 bits per heavy atom. The Morgan fingerprint density at radius 1 is 1.06 bits per heavy atom. The van der Waals surface area contributed by atoms with Crippen molar-refractivity contribution < 1.29 is 0 Å². The fourth-order valence-electron chi connectivity index (χ4n) is 2.18. The monoisotopic (exact) mass is 235 g/mol. The van der Waals surface area contributed by atoms with E-state index < -0.39 is 0 Å². The first-order valence-corrected chi connectivity index (χ1v) is 6.21. The number of rotatable bonds is 3. The quantitative estimate of drug-likeness (QED) is 0.784. The normalized spacial score (nSPS) is 11.8. The molecule has 90 valence electrons. The van der Waals surface area contributed by atoms with Crippen LogP contribution in [0.4, 0.5) is 0 Å². The molecule has 0 aliphatic rings. The molecule has 18 heavy (non-hydrogen) atoms. The SMILES string of the molecule is Cc1cccc(C(C#N)Cc2ccccc2C)c1. The molecule has 0 bridgehead atoms. The molecule has 2 aromatic carbocycles. The highest BCUT2D eigenvalue weighted by Gasteiger charge is 2.12.